The van der Waals surface area contributed by atoms with E-state index in [0.29, 0.717) is 12.1 Å². The number of rotatable bonds is 8. The summed E-state index contributed by atoms with van der Waals surface area (Å²) in [6, 6.07) is 0.00199. The van der Waals surface area contributed by atoms with E-state index in [4.69, 9.17) is 5.14 Å². The maximum atomic E-state index is 12.3. The zero-order valence-corrected chi connectivity index (χ0v) is 13.6. The predicted molar refractivity (Wildman–Crippen MR) is 80.4 cm³/mol. The molecule has 0 spiro atoms. The van der Waals surface area contributed by atoms with Gasteiger partial charge in [-0.3, -0.25) is 9.89 Å². The number of hydrogen-bond acceptors (Lipinski definition) is 4. The fourth-order valence-electron chi connectivity index (χ4n) is 2.23. The van der Waals surface area contributed by atoms with Gasteiger partial charge in [0.05, 0.1) is 5.69 Å². The van der Waals surface area contributed by atoms with Crippen molar-refractivity contribution in [2.45, 2.75) is 63.8 Å². The summed E-state index contributed by atoms with van der Waals surface area (Å²) < 4.78 is 23.5. The van der Waals surface area contributed by atoms with Crippen molar-refractivity contribution in [2.24, 2.45) is 5.14 Å². The van der Waals surface area contributed by atoms with Crippen molar-refractivity contribution in [1.82, 2.24) is 15.5 Å². The number of carbonyl (C=O) groups is 1. The van der Waals surface area contributed by atoms with Crippen molar-refractivity contribution in [3.05, 3.63) is 11.4 Å². The minimum absolute atomic E-state index is 0.00199. The number of aryl methyl sites for hydroxylation is 1. The molecule has 0 aliphatic rings. The number of nitrogens with one attached hydrogen (secondary N) is 2. The van der Waals surface area contributed by atoms with Crippen LogP contribution in [0.5, 0.6) is 0 Å². The molecule has 0 saturated heterocycles. The Kier molecular flexibility index (Phi) is 6.35. The Morgan fingerprint density at radius 1 is 1.33 bits per heavy atom. The summed E-state index contributed by atoms with van der Waals surface area (Å²) in [5, 5.41) is 14.5. The highest BCUT2D eigenvalue weighted by Crippen LogP contribution is 2.18. The second kappa shape index (κ2) is 7.56. The van der Waals surface area contributed by atoms with Gasteiger partial charge in [-0.25, -0.2) is 13.6 Å². The zero-order chi connectivity index (χ0) is 16.0. The molecule has 21 heavy (non-hydrogen) atoms. The highest BCUT2D eigenvalue weighted by molar-refractivity contribution is 7.89. The first-order chi connectivity index (χ1) is 9.85. The Morgan fingerprint density at radius 2 is 2.00 bits per heavy atom. The van der Waals surface area contributed by atoms with Gasteiger partial charge in [-0.05, 0) is 19.3 Å². The van der Waals surface area contributed by atoms with E-state index in [1.165, 1.54) is 0 Å². The first-order valence-electron chi connectivity index (χ1n) is 7.25. The third-order valence-corrected chi connectivity index (χ3v) is 4.27. The third kappa shape index (κ3) is 4.53. The van der Waals surface area contributed by atoms with Gasteiger partial charge >= 0.3 is 0 Å². The summed E-state index contributed by atoms with van der Waals surface area (Å²) in [5.41, 5.74) is 0.240. The summed E-state index contributed by atoms with van der Waals surface area (Å²) >= 11 is 0. The molecule has 1 heterocycles. The maximum Gasteiger partial charge on any atom is 0.273 e. The molecule has 120 valence electrons. The van der Waals surface area contributed by atoms with E-state index in [1.54, 1.807) is 0 Å². The molecule has 1 rings (SSSR count). The highest BCUT2D eigenvalue weighted by atomic mass is 32.2. The lowest BCUT2D eigenvalue weighted by Crippen LogP contribution is -2.35. The van der Waals surface area contributed by atoms with E-state index in [1.807, 2.05) is 20.8 Å². The van der Waals surface area contributed by atoms with E-state index >= 15 is 0 Å². The lowest BCUT2D eigenvalue weighted by atomic mass is 10.1. The Morgan fingerprint density at radius 3 is 2.48 bits per heavy atom. The van der Waals surface area contributed by atoms with Crippen molar-refractivity contribution >= 4 is 15.9 Å². The molecular weight excluding hydrogens is 292 g/mol. The molecule has 0 saturated carbocycles. The average molecular weight is 316 g/mol. The molecule has 0 aliphatic heterocycles. The van der Waals surface area contributed by atoms with Crippen LogP contribution in [0.2, 0.25) is 0 Å². The maximum absolute atomic E-state index is 12.3. The minimum atomic E-state index is -4.00. The van der Waals surface area contributed by atoms with Gasteiger partial charge in [-0.2, -0.15) is 5.10 Å². The third-order valence-electron chi connectivity index (χ3n) is 3.26. The number of nitrogens with zero attached hydrogens (tertiary/aromatic N) is 1. The number of hydrogen-bond donors (Lipinski definition) is 3. The molecule has 1 aromatic heterocycles. The molecule has 1 unspecified atom stereocenters. The normalized spacial score (nSPS) is 13.1. The minimum Gasteiger partial charge on any atom is -0.348 e. The van der Waals surface area contributed by atoms with Crippen molar-refractivity contribution < 1.29 is 13.2 Å². The smallest absolute Gasteiger partial charge is 0.273 e. The molecule has 0 radical (unpaired) electrons. The van der Waals surface area contributed by atoms with E-state index in [0.717, 1.165) is 25.7 Å². The summed E-state index contributed by atoms with van der Waals surface area (Å²) in [4.78, 5) is 12.1. The largest absolute Gasteiger partial charge is 0.348 e. The highest BCUT2D eigenvalue weighted by Gasteiger charge is 2.27. The topological polar surface area (TPSA) is 118 Å². The van der Waals surface area contributed by atoms with Gasteiger partial charge in [0, 0.05) is 6.04 Å². The SMILES string of the molecule is CCCc1[nH]nc(C(=O)NC(CC)CCC)c1S(N)(=O)=O. The zero-order valence-electron chi connectivity index (χ0n) is 12.8. The Balaban J connectivity index is 3.10. The van der Waals surface area contributed by atoms with E-state index in [2.05, 4.69) is 15.5 Å². The molecule has 1 amide bonds. The number of amides is 1. The van der Waals surface area contributed by atoms with Crippen LogP contribution in [0.3, 0.4) is 0 Å². The molecule has 8 heteroatoms. The van der Waals surface area contributed by atoms with Crippen LogP contribution >= 0.6 is 0 Å². The monoisotopic (exact) mass is 316 g/mol. The molecule has 1 atom stereocenters. The van der Waals surface area contributed by atoms with Crippen molar-refractivity contribution in [2.75, 3.05) is 0 Å². The molecule has 7 nitrogen and oxygen atoms in total. The number of nitrogens with two attached hydrogens (primary N) is 1. The van der Waals surface area contributed by atoms with Crippen LogP contribution in [0, 0.1) is 0 Å². The van der Waals surface area contributed by atoms with Gasteiger partial charge in [0.2, 0.25) is 10.0 Å². The Bertz CT molecular complexity index is 580. The van der Waals surface area contributed by atoms with Crippen molar-refractivity contribution in [3.63, 3.8) is 0 Å². The number of sulfonamides is 1. The van der Waals surface area contributed by atoms with Crippen molar-refractivity contribution in [3.8, 4) is 0 Å². The standard InChI is InChI=1S/C13H24N4O3S/c1-4-7-9(6-3)15-13(18)11-12(21(14,19)20)10(8-5-2)16-17-11/h9H,4-8H2,1-3H3,(H,15,18)(H,16,17)(H2,14,19,20). The molecular formula is C13H24N4O3S. The molecule has 0 fully saturated rings. The predicted octanol–water partition coefficient (Wildman–Crippen LogP) is 1.32. The van der Waals surface area contributed by atoms with Crippen LogP contribution in [0.25, 0.3) is 0 Å². The van der Waals surface area contributed by atoms with E-state index in [9.17, 15) is 13.2 Å². The second-order valence-electron chi connectivity index (χ2n) is 5.04. The fourth-order valence-corrected chi connectivity index (χ4v) is 3.13. The van der Waals surface area contributed by atoms with Gasteiger partial charge in [0.1, 0.15) is 4.90 Å². The quantitative estimate of drug-likeness (QED) is 0.670. The first-order valence-corrected chi connectivity index (χ1v) is 8.80. The molecule has 0 aromatic carbocycles. The van der Waals surface area contributed by atoms with Gasteiger partial charge in [-0.15, -0.1) is 0 Å². The first kappa shape index (κ1) is 17.6. The lowest BCUT2D eigenvalue weighted by molar-refractivity contribution is 0.0925. The Hall–Kier alpha value is -1.41. The van der Waals surface area contributed by atoms with Gasteiger partial charge < -0.3 is 5.32 Å². The number of aromatic nitrogens is 2. The number of primary sulfonamides is 1. The molecule has 4 N–H and O–H groups in total. The van der Waals surface area contributed by atoms with Crippen LogP contribution < -0.4 is 10.5 Å². The molecule has 0 bridgehead atoms. The van der Waals surface area contributed by atoms with Gasteiger partial charge in [0.15, 0.2) is 5.69 Å². The van der Waals surface area contributed by atoms with Crippen LogP contribution in [-0.4, -0.2) is 30.6 Å². The summed E-state index contributed by atoms with van der Waals surface area (Å²) in [7, 11) is -4.00. The molecule has 0 aliphatic carbocycles. The number of aromatic amines is 1. The number of H-pyrrole nitrogens is 1. The lowest BCUT2D eigenvalue weighted by Gasteiger charge is -2.15. The van der Waals surface area contributed by atoms with E-state index < -0.39 is 15.9 Å². The van der Waals surface area contributed by atoms with Crippen LogP contribution in [0.4, 0.5) is 0 Å². The fraction of sp³-hybridized carbons (Fsp3) is 0.692. The average Bonchev–Trinajstić information content (AvgIpc) is 2.82. The van der Waals surface area contributed by atoms with Crippen LogP contribution in [0.1, 0.15) is 62.6 Å². The van der Waals surface area contributed by atoms with Crippen LogP contribution in [0.15, 0.2) is 4.90 Å². The summed E-state index contributed by atoms with van der Waals surface area (Å²) in [6.07, 6.45) is 3.73. The van der Waals surface area contributed by atoms with Gasteiger partial charge in [-0.1, -0.05) is 33.6 Å². The second-order valence-corrected chi connectivity index (χ2v) is 6.54. The Labute approximate surface area is 125 Å². The summed E-state index contributed by atoms with van der Waals surface area (Å²) in [5.74, 6) is -0.502. The van der Waals surface area contributed by atoms with Gasteiger partial charge in [0.25, 0.3) is 5.91 Å². The van der Waals surface area contributed by atoms with E-state index in [-0.39, 0.29) is 16.6 Å². The molecule has 1 aromatic rings. The summed E-state index contributed by atoms with van der Waals surface area (Å²) in [6.45, 7) is 5.90. The van der Waals surface area contributed by atoms with Crippen LogP contribution in [-0.2, 0) is 16.4 Å². The number of carbonyl (C=O) groups excluding carboxylic acids is 1. The van der Waals surface area contributed by atoms with Crippen molar-refractivity contribution in [1.29, 1.82) is 0 Å².